The van der Waals surface area contributed by atoms with E-state index in [1.165, 1.54) is 31.6 Å². The van der Waals surface area contributed by atoms with E-state index >= 15 is 0 Å². The smallest absolute Gasteiger partial charge is 0.341 e. The molecule has 4 aromatic rings. The first-order valence-electron chi connectivity index (χ1n) is 11.7. The molecule has 4 rings (SSSR count). The summed E-state index contributed by atoms with van der Waals surface area (Å²) in [6, 6.07) is 11.3. The topological polar surface area (TPSA) is 122 Å². The number of nitrogens with zero attached hydrogens (tertiary/aromatic N) is 4. The predicted octanol–water partition coefficient (Wildman–Crippen LogP) is 5.62. The number of nitrogens with one attached hydrogen (secondary N) is 1. The van der Waals surface area contributed by atoms with Crippen LogP contribution in [-0.4, -0.2) is 45.9 Å². The summed E-state index contributed by atoms with van der Waals surface area (Å²) in [5, 5.41) is 22.9. The van der Waals surface area contributed by atoms with Gasteiger partial charge in [0.25, 0.3) is 0 Å². The van der Waals surface area contributed by atoms with Gasteiger partial charge in [-0.1, -0.05) is 25.4 Å². The van der Waals surface area contributed by atoms with Crippen LogP contribution in [0.2, 0.25) is 5.02 Å². The van der Waals surface area contributed by atoms with Crippen LogP contribution in [0, 0.1) is 23.1 Å². The molecule has 0 aliphatic carbocycles. The van der Waals surface area contributed by atoms with Crippen LogP contribution < -0.4 is 14.8 Å². The molecular formula is C27H25ClFN5O4. The summed E-state index contributed by atoms with van der Waals surface area (Å²) < 4.78 is 27.3. The van der Waals surface area contributed by atoms with Crippen molar-refractivity contribution >= 4 is 34.3 Å². The molecular weight excluding hydrogens is 513 g/mol. The van der Waals surface area contributed by atoms with Crippen LogP contribution in [0.4, 0.5) is 10.2 Å². The first-order chi connectivity index (χ1) is 18.2. The van der Waals surface area contributed by atoms with Gasteiger partial charge in [-0.2, -0.15) is 5.26 Å². The standard InChI is InChI=1S/C27H25ClFN5O4/c1-15(2)13-38-23-9-16(8-19(28)25(23)27(35)36)21-11-24(33-14-32-21)31-6-7-34-17(12-30)10-18-22(37-3)5-4-20(29)26(18)34/h4-5,8-11,14-15H,6-7,13H2,1-3H3,(H,35,36)(H,31,32,33). The normalized spacial score (nSPS) is 11.0. The van der Waals surface area contributed by atoms with Gasteiger partial charge >= 0.3 is 5.97 Å². The minimum atomic E-state index is -1.19. The number of ether oxygens (including phenoxy) is 2. The Morgan fingerprint density at radius 2 is 2.03 bits per heavy atom. The molecule has 38 heavy (non-hydrogen) atoms. The summed E-state index contributed by atoms with van der Waals surface area (Å²) >= 11 is 6.30. The van der Waals surface area contributed by atoms with E-state index in [-0.39, 0.29) is 34.3 Å². The third kappa shape index (κ3) is 5.48. The molecule has 0 saturated heterocycles. The lowest BCUT2D eigenvalue weighted by atomic mass is 10.1. The van der Waals surface area contributed by atoms with E-state index in [0.29, 0.717) is 47.1 Å². The van der Waals surface area contributed by atoms with E-state index in [0.717, 1.165) is 0 Å². The molecule has 9 nitrogen and oxygen atoms in total. The highest BCUT2D eigenvalue weighted by Crippen LogP contribution is 2.34. The Morgan fingerprint density at radius 1 is 1.24 bits per heavy atom. The molecule has 0 saturated carbocycles. The number of halogens is 2. The number of hydrogen-bond acceptors (Lipinski definition) is 7. The van der Waals surface area contributed by atoms with E-state index in [9.17, 15) is 19.6 Å². The lowest BCUT2D eigenvalue weighted by Gasteiger charge is -2.14. The number of anilines is 1. The molecule has 2 aromatic carbocycles. The first kappa shape index (κ1) is 26.7. The highest BCUT2D eigenvalue weighted by atomic mass is 35.5. The molecule has 11 heteroatoms. The molecule has 2 aromatic heterocycles. The number of nitriles is 1. The van der Waals surface area contributed by atoms with Crippen LogP contribution in [0.1, 0.15) is 29.9 Å². The Labute approximate surface area is 223 Å². The largest absolute Gasteiger partial charge is 0.496 e. The van der Waals surface area contributed by atoms with Crippen molar-refractivity contribution in [2.75, 3.05) is 25.6 Å². The van der Waals surface area contributed by atoms with Gasteiger partial charge in [0.1, 0.15) is 46.8 Å². The van der Waals surface area contributed by atoms with Crippen LogP contribution in [0.3, 0.4) is 0 Å². The fourth-order valence-electron chi connectivity index (χ4n) is 4.03. The molecule has 196 valence electrons. The van der Waals surface area contributed by atoms with Crippen molar-refractivity contribution in [1.29, 1.82) is 5.26 Å². The van der Waals surface area contributed by atoms with Gasteiger partial charge in [-0.3, -0.25) is 0 Å². The molecule has 0 fully saturated rings. The Balaban J connectivity index is 1.58. The molecule has 0 radical (unpaired) electrons. The van der Waals surface area contributed by atoms with Crippen LogP contribution in [0.15, 0.2) is 42.7 Å². The summed E-state index contributed by atoms with van der Waals surface area (Å²) in [5.41, 5.74) is 1.53. The summed E-state index contributed by atoms with van der Waals surface area (Å²) in [4.78, 5) is 20.3. The minimum Gasteiger partial charge on any atom is -0.496 e. The predicted molar refractivity (Wildman–Crippen MR) is 141 cm³/mol. The molecule has 2 heterocycles. The third-order valence-electron chi connectivity index (χ3n) is 5.75. The van der Waals surface area contributed by atoms with Crippen molar-refractivity contribution < 1.29 is 23.8 Å². The summed E-state index contributed by atoms with van der Waals surface area (Å²) in [6.07, 6.45) is 1.36. The number of carboxylic acids is 1. The minimum absolute atomic E-state index is 0.0304. The van der Waals surface area contributed by atoms with Crippen molar-refractivity contribution in [3.63, 3.8) is 0 Å². The average molecular weight is 538 g/mol. The maximum atomic E-state index is 14.7. The van der Waals surface area contributed by atoms with E-state index in [1.54, 1.807) is 22.8 Å². The van der Waals surface area contributed by atoms with E-state index < -0.39 is 11.8 Å². The fraction of sp³-hybridized carbons (Fsp3) is 0.259. The maximum absolute atomic E-state index is 14.7. The lowest BCUT2D eigenvalue weighted by molar-refractivity contribution is 0.0691. The molecule has 0 spiro atoms. The molecule has 0 amide bonds. The van der Waals surface area contributed by atoms with E-state index in [1.807, 2.05) is 13.8 Å². The highest BCUT2D eigenvalue weighted by molar-refractivity contribution is 6.34. The van der Waals surface area contributed by atoms with Crippen molar-refractivity contribution in [3.8, 4) is 28.8 Å². The monoisotopic (exact) mass is 537 g/mol. The average Bonchev–Trinajstić information content (AvgIpc) is 3.26. The van der Waals surface area contributed by atoms with Gasteiger partial charge < -0.3 is 24.5 Å². The van der Waals surface area contributed by atoms with Crippen molar-refractivity contribution in [1.82, 2.24) is 14.5 Å². The van der Waals surface area contributed by atoms with E-state index in [2.05, 4.69) is 21.4 Å². The number of fused-ring (bicyclic) bond motifs is 1. The lowest BCUT2D eigenvalue weighted by Crippen LogP contribution is -2.13. The van der Waals surface area contributed by atoms with E-state index in [4.69, 9.17) is 21.1 Å². The number of aromatic carboxylic acids is 1. The quantitative estimate of drug-likeness (QED) is 0.267. The van der Waals surface area contributed by atoms with Crippen LogP contribution in [0.25, 0.3) is 22.2 Å². The zero-order valence-electron chi connectivity index (χ0n) is 21.0. The van der Waals surface area contributed by atoms with Gasteiger partial charge in [-0.05, 0) is 36.2 Å². The molecule has 0 aliphatic rings. The Kier molecular flexibility index (Phi) is 7.98. The fourth-order valence-corrected chi connectivity index (χ4v) is 4.32. The number of benzene rings is 2. The Bertz CT molecular complexity index is 1550. The van der Waals surface area contributed by atoms with Crippen molar-refractivity contribution in [2.24, 2.45) is 5.92 Å². The maximum Gasteiger partial charge on any atom is 0.341 e. The SMILES string of the molecule is COc1ccc(F)c2c1cc(C#N)n2CCNc1cc(-c2cc(Cl)c(C(=O)O)c(OCC(C)C)c2)ncn1. The number of hydrogen-bond donors (Lipinski definition) is 2. The number of carbonyl (C=O) groups is 1. The van der Waals surface area contributed by atoms with Crippen LogP contribution >= 0.6 is 11.6 Å². The second kappa shape index (κ2) is 11.4. The van der Waals surface area contributed by atoms with Gasteiger partial charge in [-0.15, -0.1) is 0 Å². The number of methoxy groups -OCH3 is 1. The summed E-state index contributed by atoms with van der Waals surface area (Å²) in [6.45, 7) is 4.83. The van der Waals surface area contributed by atoms with Crippen LogP contribution in [0.5, 0.6) is 11.5 Å². The molecule has 0 aliphatic heterocycles. The number of rotatable bonds is 10. The third-order valence-corrected chi connectivity index (χ3v) is 6.05. The van der Waals surface area contributed by atoms with Crippen LogP contribution in [-0.2, 0) is 6.54 Å². The summed E-state index contributed by atoms with van der Waals surface area (Å²) in [7, 11) is 1.49. The summed E-state index contributed by atoms with van der Waals surface area (Å²) in [5.74, 6) is -0.344. The second-order valence-corrected chi connectivity index (χ2v) is 9.27. The number of carboxylic acid groups (broad SMARTS) is 1. The van der Waals surface area contributed by atoms with Gasteiger partial charge in [0.2, 0.25) is 0 Å². The Morgan fingerprint density at radius 3 is 2.71 bits per heavy atom. The van der Waals surface area contributed by atoms with Gasteiger partial charge in [0.15, 0.2) is 0 Å². The first-order valence-corrected chi connectivity index (χ1v) is 12.1. The molecule has 0 bridgehead atoms. The van der Waals surface area contributed by atoms with Crippen molar-refractivity contribution in [2.45, 2.75) is 20.4 Å². The Hall–Kier alpha value is -4.36. The van der Waals surface area contributed by atoms with Gasteiger partial charge in [0.05, 0.1) is 29.9 Å². The molecule has 0 unspecified atom stereocenters. The highest BCUT2D eigenvalue weighted by Gasteiger charge is 2.20. The van der Waals surface area contributed by atoms with Gasteiger partial charge in [-0.25, -0.2) is 19.2 Å². The van der Waals surface area contributed by atoms with Gasteiger partial charge in [0, 0.05) is 30.1 Å². The molecule has 2 N–H and O–H groups in total. The zero-order valence-corrected chi connectivity index (χ0v) is 21.7. The zero-order chi connectivity index (χ0) is 27.4. The number of aromatic nitrogens is 3. The molecule has 0 atom stereocenters. The van der Waals surface area contributed by atoms with Crippen molar-refractivity contribution in [3.05, 3.63) is 64.8 Å². The second-order valence-electron chi connectivity index (χ2n) is 8.86.